The largest absolute Gasteiger partial charge is 0.465 e. The average molecular weight is 370 g/mol. The number of ether oxygens (including phenoxy) is 2. The molecule has 6 heteroatoms. The molecule has 0 amide bonds. The molecule has 2 aromatic carbocycles. The second-order valence-corrected chi connectivity index (χ2v) is 6.68. The molecule has 0 aliphatic carbocycles. The first kappa shape index (κ1) is 18.1. The lowest BCUT2D eigenvalue weighted by molar-refractivity contribution is -0.142. The van der Waals surface area contributed by atoms with Crippen molar-refractivity contribution in [1.29, 1.82) is 0 Å². The molecule has 1 heterocycles. The maximum atomic E-state index is 12.0. The topological polar surface area (TPSA) is 65.7 Å². The summed E-state index contributed by atoms with van der Waals surface area (Å²) in [4.78, 5) is 24.5. The number of methoxy groups -OCH3 is 1. The molecule has 0 saturated carbocycles. The number of carbonyl (C=O) groups is 2. The van der Waals surface area contributed by atoms with Gasteiger partial charge in [0.25, 0.3) is 0 Å². The normalized spacial score (nSPS) is 10.7. The maximum absolute atomic E-state index is 12.0. The van der Waals surface area contributed by atoms with Gasteiger partial charge in [-0.25, -0.2) is 4.79 Å². The number of hydrogen-bond acceptors (Lipinski definition) is 6. The van der Waals surface area contributed by atoms with Gasteiger partial charge >= 0.3 is 11.9 Å². The van der Waals surface area contributed by atoms with Gasteiger partial charge in [0, 0.05) is 4.90 Å². The van der Waals surface area contributed by atoms with Crippen molar-refractivity contribution < 1.29 is 23.5 Å². The minimum Gasteiger partial charge on any atom is -0.465 e. The highest BCUT2D eigenvalue weighted by molar-refractivity contribution is 8.00. The van der Waals surface area contributed by atoms with Crippen LogP contribution in [0.25, 0.3) is 10.8 Å². The van der Waals surface area contributed by atoms with Gasteiger partial charge in [0.2, 0.25) is 0 Å². The van der Waals surface area contributed by atoms with Crippen LogP contribution in [0.2, 0.25) is 0 Å². The van der Waals surface area contributed by atoms with Gasteiger partial charge in [-0.05, 0) is 35.9 Å². The molecule has 0 spiro atoms. The highest BCUT2D eigenvalue weighted by Crippen LogP contribution is 2.24. The smallest absolute Gasteiger partial charge is 0.341 e. The molecule has 3 rings (SSSR count). The molecule has 0 unspecified atom stereocenters. The first-order chi connectivity index (χ1) is 12.6. The van der Waals surface area contributed by atoms with E-state index in [0.717, 1.165) is 15.7 Å². The van der Waals surface area contributed by atoms with Crippen LogP contribution < -0.4 is 0 Å². The van der Waals surface area contributed by atoms with Crippen molar-refractivity contribution in [3.8, 4) is 0 Å². The van der Waals surface area contributed by atoms with Crippen LogP contribution in [0.4, 0.5) is 0 Å². The molecule has 0 bridgehead atoms. The fourth-order valence-corrected chi connectivity index (χ4v) is 3.26. The highest BCUT2D eigenvalue weighted by Gasteiger charge is 2.16. The van der Waals surface area contributed by atoms with E-state index in [4.69, 9.17) is 9.15 Å². The monoisotopic (exact) mass is 370 g/mol. The fourth-order valence-electron chi connectivity index (χ4n) is 2.52. The molecule has 3 aromatic rings. The Bertz CT molecular complexity index is 944. The van der Waals surface area contributed by atoms with Gasteiger partial charge in [0.1, 0.15) is 23.7 Å². The van der Waals surface area contributed by atoms with Crippen molar-refractivity contribution in [2.45, 2.75) is 18.4 Å². The summed E-state index contributed by atoms with van der Waals surface area (Å²) in [6.45, 7) is 1.64. The summed E-state index contributed by atoms with van der Waals surface area (Å²) in [5.41, 5.74) is 0.337. The van der Waals surface area contributed by atoms with Crippen LogP contribution in [0, 0.1) is 6.92 Å². The summed E-state index contributed by atoms with van der Waals surface area (Å²) in [5.74, 6) is 0.218. The number of furan rings is 1. The first-order valence-corrected chi connectivity index (χ1v) is 9.00. The third-order valence-electron chi connectivity index (χ3n) is 3.83. The Balaban J connectivity index is 1.53. The number of carbonyl (C=O) groups excluding carboxylic acids is 2. The van der Waals surface area contributed by atoms with Crippen LogP contribution in [0.1, 0.15) is 21.9 Å². The van der Waals surface area contributed by atoms with Crippen molar-refractivity contribution in [2.75, 3.05) is 12.9 Å². The van der Waals surface area contributed by atoms with Gasteiger partial charge in [0.05, 0.1) is 12.9 Å². The van der Waals surface area contributed by atoms with E-state index in [9.17, 15) is 9.59 Å². The second-order valence-electron chi connectivity index (χ2n) is 5.63. The van der Waals surface area contributed by atoms with E-state index < -0.39 is 5.97 Å². The Kier molecular flexibility index (Phi) is 5.63. The summed E-state index contributed by atoms with van der Waals surface area (Å²) in [5, 5.41) is 2.29. The molecule has 0 saturated heterocycles. The van der Waals surface area contributed by atoms with Gasteiger partial charge in [-0.2, -0.15) is 0 Å². The Morgan fingerprint density at radius 2 is 1.85 bits per heavy atom. The van der Waals surface area contributed by atoms with Crippen molar-refractivity contribution >= 4 is 34.5 Å². The lowest BCUT2D eigenvalue weighted by Gasteiger charge is -2.04. The highest BCUT2D eigenvalue weighted by atomic mass is 32.2. The van der Waals surface area contributed by atoms with E-state index in [1.54, 1.807) is 6.92 Å². The number of hydrogen-bond donors (Lipinski definition) is 0. The number of aryl methyl sites for hydroxylation is 1. The third-order valence-corrected chi connectivity index (χ3v) is 4.79. The van der Waals surface area contributed by atoms with Crippen LogP contribution in [0.5, 0.6) is 0 Å². The van der Waals surface area contributed by atoms with Gasteiger partial charge in [-0.3, -0.25) is 4.79 Å². The summed E-state index contributed by atoms with van der Waals surface area (Å²) >= 11 is 1.42. The second kappa shape index (κ2) is 8.10. The van der Waals surface area contributed by atoms with Crippen molar-refractivity contribution in [3.63, 3.8) is 0 Å². The number of esters is 2. The molecule has 0 aliphatic heterocycles. The van der Waals surface area contributed by atoms with Gasteiger partial charge in [-0.1, -0.05) is 30.3 Å². The minimum atomic E-state index is -0.476. The summed E-state index contributed by atoms with van der Waals surface area (Å²) < 4.78 is 15.3. The quantitative estimate of drug-likeness (QED) is 0.474. The number of fused-ring (bicyclic) bond motifs is 1. The summed E-state index contributed by atoms with van der Waals surface area (Å²) in [7, 11) is 1.30. The lowest BCUT2D eigenvalue weighted by atomic mass is 10.1. The van der Waals surface area contributed by atoms with Crippen LogP contribution >= 0.6 is 11.8 Å². The molecular weight excluding hydrogens is 352 g/mol. The van der Waals surface area contributed by atoms with Gasteiger partial charge in [-0.15, -0.1) is 11.8 Å². The lowest BCUT2D eigenvalue weighted by Crippen LogP contribution is -2.07. The van der Waals surface area contributed by atoms with Crippen LogP contribution in [0.3, 0.4) is 0 Å². The van der Waals surface area contributed by atoms with Gasteiger partial charge in [0.15, 0.2) is 0 Å². The van der Waals surface area contributed by atoms with E-state index in [2.05, 4.69) is 4.74 Å². The van der Waals surface area contributed by atoms with E-state index in [1.165, 1.54) is 24.9 Å². The van der Waals surface area contributed by atoms with Crippen molar-refractivity contribution in [1.82, 2.24) is 0 Å². The van der Waals surface area contributed by atoms with E-state index in [0.29, 0.717) is 17.1 Å². The molecule has 26 heavy (non-hydrogen) atoms. The molecule has 0 fully saturated rings. The molecule has 0 atom stereocenters. The van der Waals surface area contributed by atoms with Crippen LogP contribution in [0.15, 0.2) is 57.8 Å². The number of rotatable bonds is 6. The predicted molar refractivity (Wildman–Crippen MR) is 99.3 cm³/mol. The zero-order valence-corrected chi connectivity index (χ0v) is 15.3. The van der Waals surface area contributed by atoms with E-state index in [-0.39, 0.29) is 18.3 Å². The molecule has 5 nitrogen and oxygen atoms in total. The summed E-state index contributed by atoms with van der Waals surface area (Å²) in [6.07, 6.45) is 0. The molecule has 1 aromatic heterocycles. The minimum absolute atomic E-state index is 0.0189. The average Bonchev–Trinajstić information content (AvgIpc) is 3.04. The predicted octanol–water partition coefficient (Wildman–Crippen LogP) is 4.36. The molecule has 0 N–H and O–H groups in total. The number of benzene rings is 2. The Labute approximate surface area is 155 Å². The van der Waals surface area contributed by atoms with E-state index >= 15 is 0 Å². The van der Waals surface area contributed by atoms with Gasteiger partial charge < -0.3 is 13.9 Å². The zero-order chi connectivity index (χ0) is 18.5. The Morgan fingerprint density at radius 1 is 1.08 bits per heavy atom. The maximum Gasteiger partial charge on any atom is 0.341 e. The molecule has 0 radical (unpaired) electrons. The Hall–Kier alpha value is -2.73. The standard InChI is InChI=1S/C20H18O5S/c1-13-18(20(22)23-2)10-16(25-13)11-24-19(21)12-26-17-8-7-14-5-3-4-6-15(14)9-17/h3-10H,11-12H2,1-2H3. The first-order valence-electron chi connectivity index (χ1n) is 8.01. The molecule has 0 aliphatic rings. The SMILES string of the molecule is COC(=O)c1cc(COC(=O)CSc2ccc3ccccc3c2)oc1C. The molecular formula is C20H18O5S. The van der Waals surface area contributed by atoms with Crippen LogP contribution in [-0.2, 0) is 20.9 Å². The van der Waals surface area contributed by atoms with Crippen molar-refractivity contribution in [3.05, 3.63) is 65.6 Å². The summed E-state index contributed by atoms with van der Waals surface area (Å²) in [6, 6.07) is 15.7. The van der Waals surface area contributed by atoms with Crippen LogP contribution in [-0.4, -0.2) is 24.8 Å². The zero-order valence-electron chi connectivity index (χ0n) is 14.5. The third kappa shape index (κ3) is 4.26. The van der Waals surface area contributed by atoms with Crippen molar-refractivity contribution in [2.24, 2.45) is 0 Å². The number of thioether (sulfide) groups is 1. The fraction of sp³-hybridized carbons (Fsp3) is 0.200. The molecule has 134 valence electrons. The Morgan fingerprint density at radius 3 is 2.62 bits per heavy atom. The van der Waals surface area contributed by atoms with E-state index in [1.807, 2.05) is 42.5 Å².